The molecule has 1 N–H and O–H groups in total. The molecular formula is C7H5BrClF2NO. The molecule has 0 atom stereocenters. The fourth-order valence-electron chi connectivity index (χ4n) is 0.820. The average Bonchev–Trinajstić information content (AvgIpc) is 2.04. The first-order valence-electron chi connectivity index (χ1n) is 3.29. The van der Waals surface area contributed by atoms with E-state index in [-0.39, 0.29) is 20.8 Å². The molecule has 1 rings (SSSR count). The van der Waals surface area contributed by atoms with Crippen LogP contribution in [0, 0.1) is 0 Å². The van der Waals surface area contributed by atoms with Crippen LogP contribution in [0.1, 0.15) is 17.6 Å². The number of aromatic nitrogens is 1. The monoisotopic (exact) mass is 271 g/mol. The lowest BCUT2D eigenvalue weighted by atomic mass is 10.2. The smallest absolute Gasteiger partial charge is 0.267 e. The van der Waals surface area contributed by atoms with Gasteiger partial charge in [-0.3, -0.25) is 0 Å². The van der Waals surface area contributed by atoms with Crippen LogP contribution < -0.4 is 0 Å². The number of rotatable bonds is 2. The van der Waals surface area contributed by atoms with Gasteiger partial charge >= 0.3 is 0 Å². The van der Waals surface area contributed by atoms with Gasteiger partial charge in [-0.05, 0) is 15.9 Å². The quantitative estimate of drug-likeness (QED) is 0.840. The molecule has 0 spiro atoms. The lowest BCUT2D eigenvalue weighted by Crippen LogP contribution is -1.96. The van der Waals surface area contributed by atoms with Crippen molar-refractivity contribution >= 4 is 27.5 Å². The van der Waals surface area contributed by atoms with Crippen molar-refractivity contribution in [2.24, 2.45) is 0 Å². The molecule has 0 radical (unpaired) electrons. The normalized spacial score (nSPS) is 10.9. The highest BCUT2D eigenvalue weighted by atomic mass is 79.9. The molecule has 0 fully saturated rings. The molecular weight excluding hydrogens is 267 g/mol. The van der Waals surface area contributed by atoms with Gasteiger partial charge in [-0.15, -0.1) is 0 Å². The van der Waals surface area contributed by atoms with E-state index in [9.17, 15) is 8.78 Å². The van der Waals surface area contributed by atoms with Crippen LogP contribution in [0.15, 0.2) is 10.8 Å². The number of pyridine rings is 1. The van der Waals surface area contributed by atoms with Crippen molar-refractivity contribution in [3.63, 3.8) is 0 Å². The topological polar surface area (TPSA) is 33.1 Å². The number of aliphatic hydroxyl groups excluding tert-OH is 1. The zero-order chi connectivity index (χ0) is 10.0. The molecule has 1 aromatic heterocycles. The van der Waals surface area contributed by atoms with Gasteiger partial charge in [0, 0.05) is 11.8 Å². The molecule has 1 aromatic rings. The minimum Gasteiger partial charge on any atom is -0.392 e. The lowest BCUT2D eigenvalue weighted by Gasteiger charge is -2.07. The van der Waals surface area contributed by atoms with Gasteiger partial charge < -0.3 is 5.11 Å². The number of alkyl halides is 2. The molecule has 72 valence electrons. The molecule has 0 saturated carbocycles. The molecule has 1 heterocycles. The van der Waals surface area contributed by atoms with Crippen molar-refractivity contribution in [2.45, 2.75) is 13.0 Å². The number of hydrogen-bond donors (Lipinski definition) is 1. The molecule has 0 aliphatic carbocycles. The number of halogens is 4. The summed E-state index contributed by atoms with van der Waals surface area (Å²) in [5, 5.41) is 8.59. The Morgan fingerprint density at radius 1 is 1.62 bits per heavy atom. The van der Waals surface area contributed by atoms with E-state index in [2.05, 4.69) is 20.9 Å². The number of hydrogen-bond acceptors (Lipinski definition) is 2. The Morgan fingerprint density at radius 2 is 2.23 bits per heavy atom. The average molecular weight is 272 g/mol. The molecule has 0 bridgehead atoms. The fraction of sp³-hybridized carbons (Fsp3) is 0.286. The summed E-state index contributed by atoms with van der Waals surface area (Å²) >= 11 is 8.45. The molecule has 6 heteroatoms. The van der Waals surface area contributed by atoms with E-state index in [0.717, 1.165) is 0 Å². The van der Waals surface area contributed by atoms with E-state index in [1.54, 1.807) is 0 Å². The summed E-state index contributed by atoms with van der Waals surface area (Å²) in [5.74, 6) is 0. The van der Waals surface area contributed by atoms with E-state index in [1.807, 2.05) is 0 Å². The third kappa shape index (κ3) is 2.15. The van der Waals surface area contributed by atoms with Gasteiger partial charge in [0.15, 0.2) is 0 Å². The minimum absolute atomic E-state index is 0.00435. The summed E-state index contributed by atoms with van der Waals surface area (Å²) < 4.78 is 24.7. The van der Waals surface area contributed by atoms with Gasteiger partial charge in [-0.1, -0.05) is 11.6 Å². The molecule has 0 amide bonds. The van der Waals surface area contributed by atoms with Crippen molar-refractivity contribution < 1.29 is 13.9 Å². The van der Waals surface area contributed by atoms with E-state index in [4.69, 9.17) is 16.7 Å². The van der Waals surface area contributed by atoms with Gasteiger partial charge in [0.25, 0.3) is 6.43 Å². The summed E-state index contributed by atoms with van der Waals surface area (Å²) in [7, 11) is 0. The molecule has 0 unspecified atom stereocenters. The molecule has 0 aliphatic heterocycles. The summed E-state index contributed by atoms with van der Waals surface area (Å²) in [6, 6.07) is 0. The van der Waals surface area contributed by atoms with E-state index < -0.39 is 13.0 Å². The van der Waals surface area contributed by atoms with Crippen molar-refractivity contribution in [3.05, 3.63) is 26.9 Å². The summed E-state index contributed by atoms with van der Waals surface area (Å²) in [4.78, 5) is 3.62. The predicted molar refractivity (Wildman–Crippen MR) is 47.8 cm³/mol. The van der Waals surface area contributed by atoms with Crippen LogP contribution in [-0.2, 0) is 6.61 Å². The first kappa shape index (κ1) is 10.8. The van der Waals surface area contributed by atoms with Crippen molar-refractivity contribution in [2.75, 3.05) is 0 Å². The van der Waals surface area contributed by atoms with Crippen LogP contribution in [0.2, 0.25) is 5.02 Å². The third-order valence-corrected chi connectivity index (χ3v) is 2.54. The van der Waals surface area contributed by atoms with Crippen molar-refractivity contribution in [1.82, 2.24) is 4.98 Å². The first-order valence-corrected chi connectivity index (χ1v) is 4.46. The third-order valence-electron chi connectivity index (χ3n) is 1.46. The molecule has 0 saturated heterocycles. The second-order valence-corrected chi connectivity index (χ2v) is 3.39. The highest BCUT2D eigenvalue weighted by Crippen LogP contribution is 2.34. The van der Waals surface area contributed by atoms with Gasteiger partial charge in [0.1, 0.15) is 4.60 Å². The van der Waals surface area contributed by atoms with E-state index in [1.165, 1.54) is 6.20 Å². The second-order valence-electron chi connectivity index (χ2n) is 2.26. The van der Waals surface area contributed by atoms with Crippen LogP contribution in [-0.4, -0.2) is 10.1 Å². The Balaban J connectivity index is 3.30. The Labute approximate surface area is 86.7 Å². The highest BCUT2D eigenvalue weighted by molar-refractivity contribution is 9.10. The SMILES string of the molecule is OCc1cnc(Br)c(C(F)F)c1Cl. The number of nitrogens with zero attached hydrogens (tertiary/aromatic N) is 1. The zero-order valence-electron chi connectivity index (χ0n) is 6.27. The largest absolute Gasteiger partial charge is 0.392 e. The van der Waals surface area contributed by atoms with Gasteiger partial charge in [0.2, 0.25) is 0 Å². The molecule has 13 heavy (non-hydrogen) atoms. The fourth-order valence-corrected chi connectivity index (χ4v) is 1.69. The number of aliphatic hydroxyl groups is 1. The standard InChI is InChI=1S/C7H5BrClF2NO/c8-6-4(7(10)11)5(9)3(2-13)1-12-6/h1,7,13H,2H2. The van der Waals surface area contributed by atoms with E-state index >= 15 is 0 Å². The zero-order valence-corrected chi connectivity index (χ0v) is 8.61. The lowest BCUT2D eigenvalue weighted by molar-refractivity contribution is 0.149. The highest BCUT2D eigenvalue weighted by Gasteiger charge is 2.19. The second kappa shape index (κ2) is 4.30. The van der Waals surface area contributed by atoms with Gasteiger partial charge in [0.05, 0.1) is 17.2 Å². The van der Waals surface area contributed by atoms with Crippen LogP contribution in [0.5, 0.6) is 0 Å². The van der Waals surface area contributed by atoms with Crippen molar-refractivity contribution in [3.8, 4) is 0 Å². The Kier molecular flexibility index (Phi) is 3.58. The first-order chi connectivity index (χ1) is 6.07. The summed E-state index contributed by atoms with van der Waals surface area (Å²) in [6.45, 7) is -0.404. The minimum atomic E-state index is -2.71. The molecule has 0 aliphatic rings. The van der Waals surface area contributed by atoms with Crippen LogP contribution >= 0.6 is 27.5 Å². The van der Waals surface area contributed by atoms with Crippen LogP contribution in [0.25, 0.3) is 0 Å². The van der Waals surface area contributed by atoms with Crippen molar-refractivity contribution in [1.29, 1.82) is 0 Å². The summed E-state index contributed by atoms with van der Waals surface area (Å²) in [6.07, 6.45) is -1.46. The maximum absolute atomic E-state index is 12.4. The van der Waals surface area contributed by atoms with Crippen LogP contribution in [0.3, 0.4) is 0 Å². The molecule has 2 nitrogen and oxygen atoms in total. The maximum Gasteiger partial charge on any atom is 0.267 e. The van der Waals surface area contributed by atoms with Crippen LogP contribution in [0.4, 0.5) is 8.78 Å². The molecule has 0 aromatic carbocycles. The van der Waals surface area contributed by atoms with E-state index in [0.29, 0.717) is 0 Å². The predicted octanol–water partition coefficient (Wildman–Crippen LogP) is 2.93. The Hall–Kier alpha value is -0.260. The Bertz CT molecular complexity index is 322. The van der Waals surface area contributed by atoms with Gasteiger partial charge in [-0.2, -0.15) is 0 Å². The van der Waals surface area contributed by atoms with Gasteiger partial charge in [-0.25, -0.2) is 13.8 Å². The maximum atomic E-state index is 12.4. The Morgan fingerprint density at radius 3 is 2.69 bits per heavy atom. The summed E-state index contributed by atoms with van der Waals surface area (Å²) in [5.41, 5.74) is -0.187.